The molecule has 1 aromatic rings. The molecule has 0 saturated heterocycles. The van der Waals surface area contributed by atoms with Gasteiger partial charge in [-0.1, -0.05) is 26.7 Å². The maximum Gasteiger partial charge on any atom is 0.0927 e. The zero-order valence-electron chi connectivity index (χ0n) is 11.7. The Labute approximate surface area is 110 Å². The zero-order valence-corrected chi connectivity index (χ0v) is 11.7. The molecule has 0 amide bonds. The fraction of sp³-hybridized carbons (Fsp3) is 0.800. The fourth-order valence-electron chi connectivity index (χ4n) is 3.10. The van der Waals surface area contributed by atoms with E-state index in [1.165, 1.54) is 12.8 Å². The first kappa shape index (κ1) is 13.6. The van der Waals surface area contributed by atoms with Crippen molar-refractivity contribution in [1.29, 1.82) is 0 Å². The molecule has 0 bridgehead atoms. The van der Waals surface area contributed by atoms with Crippen molar-refractivity contribution in [3.05, 3.63) is 18.0 Å². The normalized spacial score (nSPS) is 28.5. The van der Waals surface area contributed by atoms with Gasteiger partial charge in [0.15, 0.2) is 0 Å². The lowest BCUT2D eigenvalue weighted by molar-refractivity contribution is -0.0153. The van der Waals surface area contributed by atoms with E-state index in [9.17, 15) is 5.11 Å². The topological polar surface area (TPSA) is 38.1 Å². The molecule has 0 atom stereocenters. The summed E-state index contributed by atoms with van der Waals surface area (Å²) < 4.78 is 1.95. The summed E-state index contributed by atoms with van der Waals surface area (Å²) in [6.45, 7) is 5.33. The number of hydrogen-bond acceptors (Lipinski definition) is 2. The minimum Gasteiger partial charge on any atom is -0.385 e. The van der Waals surface area contributed by atoms with E-state index in [1.807, 2.05) is 17.1 Å². The Hall–Kier alpha value is -0.830. The lowest BCUT2D eigenvalue weighted by Gasteiger charge is -2.35. The molecular weight excluding hydrogens is 224 g/mol. The van der Waals surface area contributed by atoms with Crippen LogP contribution in [0, 0.1) is 5.92 Å². The van der Waals surface area contributed by atoms with Crippen LogP contribution < -0.4 is 0 Å². The molecule has 0 spiro atoms. The highest BCUT2D eigenvalue weighted by Gasteiger charge is 2.35. The van der Waals surface area contributed by atoms with Gasteiger partial charge in [0.25, 0.3) is 0 Å². The first-order valence-corrected chi connectivity index (χ1v) is 7.43. The van der Waals surface area contributed by atoms with E-state index in [-0.39, 0.29) is 0 Å². The highest BCUT2D eigenvalue weighted by Crippen LogP contribution is 2.40. The second-order valence-corrected chi connectivity index (χ2v) is 5.76. The second kappa shape index (κ2) is 5.87. The molecule has 0 aliphatic heterocycles. The van der Waals surface area contributed by atoms with Gasteiger partial charge in [0.2, 0.25) is 0 Å². The third-order valence-electron chi connectivity index (χ3n) is 4.25. The predicted molar refractivity (Wildman–Crippen MR) is 73.3 cm³/mol. The maximum absolute atomic E-state index is 10.8. The van der Waals surface area contributed by atoms with Crippen molar-refractivity contribution in [2.24, 2.45) is 5.92 Å². The zero-order chi connectivity index (χ0) is 13.0. The molecule has 3 nitrogen and oxygen atoms in total. The predicted octanol–water partition coefficient (Wildman–Crippen LogP) is 3.47. The highest BCUT2D eigenvalue weighted by molar-refractivity contribution is 5.16. The number of aromatic nitrogens is 2. The van der Waals surface area contributed by atoms with Crippen molar-refractivity contribution in [3.8, 4) is 0 Å². The summed E-state index contributed by atoms with van der Waals surface area (Å²) in [6, 6.07) is 0. The molecule has 1 aliphatic carbocycles. The largest absolute Gasteiger partial charge is 0.385 e. The van der Waals surface area contributed by atoms with Gasteiger partial charge in [0.05, 0.1) is 11.8 Å². The number of aryl methyl sites for hydroxylation is 1. The van der Waals surface area contributed by atoms with Crippen LogP contribution in [-0.2, 0) is 12.1 Å². The van der Waals surface area contributed by atoms with Crippen LogP contribution in [0.4, 0.5) is 0 Å². The summed E-state index contributed by atoms with van der Waals surface area (Å²) in [4.78, 5) is 0. The molecule has 2 rings (SSSR count). The molecule has 1 saturated carbocycles. The van der Waals surface area contributed by atoms with Gasteiger partial charge in [-0.15, -0.1) is 0 Å². The monoisotopic (exact) mass is 250 g/mol. The van der Waals surface area contributed by atoms with Gasteiger partial charge in [0.1, 0.15) is 0 Å². The standard InChI is InChI=1S/C15H26N2O/c1-3-5-13-6-8-15(18,9-7-13)14-11-16-17(12-14)10-4-2/h11-13,18H,3-10H2,1-2H3. The third-order valence-corrected chi connectivity index (χ3v) is 4.25. The van der Waals surface area contributed by atoms with Crippen LogP contribution in [-0.4, -0.2) is 14.9 Å². The Kier molecular flexibility index (Phi) is 4.44. The quantitative estimate of drug-likeness (QED) is 0.869. The third kappa shape index (κ3) is 2.94. The molecule has 1 aromatic heterocycles. The molecular formula is C15H26N2O. The first-order valence-electron chi connectivity index (χ1n) is 7.43. The summed E-state index contributed by atoms with van der Waals surface area (Å²) in [7, 11) is 0. The van der Waals surface area contributed by atoms with Gasteiger partial charge in [-0.25, -0.2) is 0 Å². The van der Waals surface area contributed by atoms with Crippen LogP contribution in [0.1, 0.15) is 64.4 Å². The smallest absolute Gasteiger partial charge is 0.0927 e. The lowest BCUT2D eigenvalue weighted by Crippen LogP contribution is -2.31. The first-order chi connectivity index (χ1) is 8.68. The van der Waals surface area contributed by atoms with E-state index in [2.05, 4.69) is 18.9 Å². The van der Waals surface area contributed by atoms with Crippen LogP contribution in [0.15, 0.2) is 12.4 Å². The van der Waals surface area contributed by atoms with Crippen LogP contribution in [0.3, 0.4) is 0 Å². The van der Waals surface area contributed by atoms with Gasteiger partial charge in [-0.2, -0.15) is 5.10 Å². The second-order valence-electron chi connectivity index (χ2n) is 5.76. The molecule has 1 heterocycles. The molecule has 0 unspecified atom stereocenters. The minimum atomic E-state index is -0.615. The Morgan fingerprint density at radius 1 is 1.33 bits per heavy atom. The van der Waals surface area contributed by atoms with E-state index >= 15 is 0 Å². The van der Waals surface area contributed by atoms with Crippen molar-refractivity contribution in [2.75, 3.05) is 0 Å². The molecule has 0 radical (unpaired) electrons. The van der Waals surface area contributed by atoms with Gasteiger partial charge in [-0.05, 0) is 38.0 Å². The molecule has 1 fully saturated rings. The number of hydrogen-bond donors (Lipinski definition) is 1. The van der Waals surface area contributed by atoms with E-state index in [0.29, 0.717) is 0 Å². The van der Waals surface area contributed by atoms with Gasteiger partial charge >= 0.3 is 0 Å². The number of nitrogens with zero attached hydrogens (tertiary/aromatic N) is 2. The Morgan fingerprint density at radius 2 is 2.06 bits per heavy atom. The average Bonchev–Trinajstić information content (AvgIpc) is 2.83. The highest BCUT2D eigenvalue weighted by atomic mass is 16.3. The van der Waals surface area contributed by atoms with Gasteiger partial charge in [-0.3, -0.25) is 4.68 Å². The molecule has 18 heavy (non-hydrogen) atoms. The van der Waals surface area contributed by atoms with E-state index in [1.54, 1.807) is 0 Å². The van der Waals surface area contributed by atoms with E-state index < -0.39 is 5.60 Å². The molecule has 0 aromatic carbocycles. The summed E-state index contributed by atoms with van der Waals surface area (Å²) in [5.41, 5.74) is 0.405. The van der Waals surface area contributed by atoms with Crippen LogP contribution in [0.5, 0.6) is 0 Å². The Morgan fingerprint density at radius 3 is 2.67 bits per heavy atom. The SMILES string of the molecule is CCCC1CCC(O)(c2cnn(CCC)c2)CC1. The maximum atomic E-state index is 10.8. The molecule has 1 N–H and O–H groups in total. The Balaban J connectivity index is 1.99. The lowest BCUT2D eigenvalue weighted by atomic mass is 9.75. The summed E-state index contributed by atoms with van der Waals surface area (Å²) in [5.74, 6) is 0.820. The summed E-state index contributed by atoms with van der Waals surface area (Å²) in [6.07, 6.45) is 11.7. The number of rotatable bonds is 5. The summed E-state index contributed by atoms with van der Waals surface area (Å²) >= 11 is 0. The summed E-state index contributed by atoms with van der Waals surface area (Å²) in [5, 5.41) is 15.1. The molecule has 3 heteroatoms. The van der Waals surface area contributed by atoms with Crippen LogP contribution in [0.25, 0.3) is 0 Å². The van der Waals surface area contributed by atoms with Crippen LogP contribution in [0.2, 0.25) is 0 Å². The van der Waals surface area contributed by atoms with E-state index in [4.69, 9.17) is 0 Å². The van der Waals surface area contributed by atoms with Crippen molar-refractivity contribution >= 4 is 0 Å². The van der Waals surface area contributed by atoms with Crippen molar-refractivity contribution < 1.29 is 5.11 Å². The fourth-order valence-corrected chi connectivity index (χ4v) is 3.10. The minimum absolute atomic E-state index is 0.615. The van der Waals surface area contributed by atoms with E-state index in [0.717, 1.165) is 50.1 Å². The van der Waals surface area contributed by atoms with Crippen molar-refractivity contribution in [3.63, 3.8) is 0 Å². The Bertz CT molecular complexity index is 364. The average molecular weight is 250 g/mol. The van der Waals surface area contributed by atoms with Gasteiger partial charge in [0, 0.05) is 18.3 Å². The molecule has 1 aliphatic rings. The van der Waals surface area contributed by atoms with Gasteiger partial charge < -0.3 is 5.11 Å². The van der Waals surface area contributed by atoms with Crippen LogP contribution >= 0.6 is 0 Å². The number of aliphatic hydroxyl groups is 1. The van der Waals surface area contributed by atoms with Crippen molar-refractivity contribution in [2.45, 2.75) is 70.9 Å². The van der Waals surface area contributed by atoms with Crippen molar-refractivity contribution in [1.82, 2.24) is 9.78 Å². The molecule has 102 valence electrons.